The molecule has 0 heterocycles. The molecule has 1 aliphatic rings. The number of hydrogen-bond acceptors (Lipinski definition) is 3. The van der Waals surface area contributed by atoms with Crippen LogP contribution in [0.15, 0.2) is 35.7 Å². The molecule has 29 heavy (non-hydrogen) atoms. The molecular weight excluding hydrogens is 405 g/mol. The van der Waals surface area contributed by atoms with E-state index in [1.54, 1.807) is 44.2 Å². The average Bonchev–Trinajstić information content (AvgIpc) is 2.65. The SMILES string of the molecule is CC(C)[C@H](NS(=O)(=O)/C=C/c1ccccc1)C(=O)NC1CCCC(C(F)(F)F)C1. The first-order chi connectivity index (χ1) is 13.5. The van der Waals surface area contributed by atoms with Crippen molar-refractivity contribution in [2.45, 2.75) is 57.8 Å². The molecule has 0 aliphatic heterocycles. The summed E-state index contributed by atoms with van der Waals surface area (Å²) in [6.07, 6.45) is -2.19. The number of carbonyl (C=O) groups is 1. The highest BCUT2D eigenvalue weighted by Crippen LogP contribution is 2.37. The number of rotatable bonds is 7. The fourth-order valence-corrected chi connectivity index (χ4v) is 4.50. The van der Waals surface area contributed by atoms with Crippen molar-refractivity contribution >= 4 is 22.0 Å². The first kappa shape index (κ1) is 23.4. The highest BCUT2D eigenvalue weighted by atomic mass is 32.2. The minimum absolute atomic E-state index is 0.0559. The third-order valence-corrected chi connectivity index (χ3v) is 6.04. The number of amides is 1. The Morgan fingerprint density at radius 3 is 2.41 bits per heavy atom. The van der Waals surface area contributed by atoms with Gasteiger partial charge in [-0.1, -0.05) is 50.6 Å². The Balaban J connectivity index is 2.03. The van der Waals surface area contributed by atoms with E-state index in [0.29, 0.717) is 18.4 Å². The summed E-state index contributed by atoms with van der Waals surface area (Å²) in [4.78, 5) is 12.6. The Bertz CT molecular complexity index is 808. The third-order valence-electron chi connectivity index (χ3n) is 4.96. The lowest BCUT2D eigenvalue weighted by molar-refractivity contribution is -0.184. The van der Waals surface area contributed by atoms with E-state index < -0.39 is 40.1 Å². The molecule has 1 aliphatic carbocycles. The first-order valence-electron chi connectivity index (χ1n) is 9.60. The van der Waals surface area contributed by atoms with Gasteiger partial charge >= 0.3 is 6.18 Å². The van der Waals surface area contributed by atoms with Gasteiger partial charge in [-0.3, -0.25) is 4.79 Å². The predicted octanol–water partition coefficient (Wildman–Crippen LogP) is 3.84. The zero-order valence-electron chi connectivity index (χ0n) is 16.4. The van der Waals surface area contributed by atoms with Gasteiger partial charge in [0.15, 0.2) is 0 Å². The van der Waals surface area contributed by atoms with E-state index in [0.717, 1.165) is 5.41 Å². The van der Waals surface area contributed by atoms with Crippen LogP contribution in [-0.4, -0.2) is 32.6 Å². The van der Waals surface area contributed by atoms with Gasteiger partial charge in [0.25, 0.3) is 0 Å². The highest BCUT2D eigenvalue weighted by Gasteiger charge is 2.42. The summed E-state index contributed by atoms with van der Waals surface area (Å²) in [6, 6.07) is 7.11. The van der Waals surface area contributed by atoms with Crippen molar-refractivity contribution in [1.29, 1.82) is 0 Å². The second kappa shape index (κ2) is 9.75. The van der Waals surface area contributed by atoms with Crippen molar-refractivity contribution in [3.05, 3.63) is 41.3 Å². The van der Waals surface area contributed by atoms with Crippen molar-refractivity contribution in [3.63, 3.8) is 0 Å². The van der Waals surface area contributed by atoms with Crippen LogP contribution in [0.2, 0.25) is 0 Å². The van der Waals surface area contributed by atoms with E-state index >= 15 is 0 Å². The number of carbonyl (C=O) groups excluding carboxylic acids is 1. The van der Waals surface area contributed by atoms with Crippen LogP contribution in [0, 0.1) is 11.8 Å². The van der Waals surface area contributed by atoms with Gasteiger partial charge in [-0.25, -0.2) is 8.42 Å². The Morgan fingerprint density at radius 1 is 1.17 bits per heavy atom. The molecule has 162 valence electrons. The molecule has 0 spiro atoms. The van der Waals surface area contributed by atoms with Crippen LogP contribution in [0.4, 0.5) is 13.2 Å². The van der Waals surface area contributed by atoms with E-state index in [9.17, 15) is 26.4 Å². The molecule has 2 rings (SSSR count). The molecule has 3 atom stereocenters. The Labute approximate surface area is 169 Å². The fourth-order valence-electron chi connectivity index (χ4n) is 3.35. The van der Waals surface area contributed by atoms with Crippen LogP contribution >= 0.6 is 0 Å². The maximum Gasteiger partial charge on any atom is 0.391 e. The van der Waals surface area contributed by atoms with Crippen molar-refractivity contribution in [1.82, 2.24) is 10.0 Å². The summed E-state index contributed by atoms with van der Waals surface area (Å²) in [5.74, 6) is -2.43. The maximum absolute atomic E-state index is 13.0. The molecule has 1 aromatic carbocycles. The van der Waals surface area contributed by atoms with Crippen molar-refractivity contribution < 1.29 is 26.4 Å². The second-order valence-electron chi connectivity index (χ2n) is 7.71. The van der Waals surface area contributed by atoms with Crippen LogP contribution in [0.25, 0.3) is 6.08 Å². The Morgan fingerprint density at radius 2 is 1.83 bits per heavy atom. The van der Waals surface area contributed by atoms with E-state index in [1.807, 2.05) is 0 Å². The first-order valence-corrected chi connectivity index (χ1v) is 11.1. The number of hydrogen-bond donors (Lipinski definition) is 2. The molecule has 2 unspecified atom stereocenters. The van der Waals surface area contributed by atoms with Gasteiger partial charge in [0.05, 0.1) is 5.92 Å². The van der Waals surface area contributed by atoms with Crippen LogP contribution in [0.5, 0.6) is 0 Å². The molecule has 5 nitrogen and oxygen atoms in total. The molecule has 1 aromatic rings. The largest absolute Gasteiger partial charge is 0.391 e. The predicted molar refractivity (Wildman–Crippen MR) is 106 cm³/mol. The Hall–Kier alpha value is -1.87. The van der Waals surface area contributed by atoms with Gasteiger partial charge in [0, 0.05) is 11.4 Å². The van der Waals surface area contributed by atoms with E-state index in [2.05, 4.69) is 10.0 Å². The number of halogens is 3. The summed E-state index contributed by atoms with van der Waals surface area (Å²) in [5.41, 5.74) is 0.684. The van der Waals surface area contributed by atoms with Gasteiger partial charge in [-0.15, -0.1) is 0 Å². The summed E-state index contributed by atoms with van der Waals surface area (Å²) in [5, 5.41) is 3.59. The summed E-state index contributed by atoms with van der Waals surface area (Å²) >= 11 is 0. The monoisotopic (exact) mass is 432 g/mol. The lowest BCUT2D eigenvalue weighted by Gasteiger charge is -2.32. The fraction of sp³-hybridized carbons (Fsp3) is 0.550. The molecule has 9 heteroatoms. The van der Waals surface area contributed by atoms with Crippen molar-refractivity contribution in [3.8, 4) is 0 Å². The maximum atomic E-state index is 13.0. The lowest BCUT2D eigenvalue weighted by Crippen LogP contribution is -2.52. The van der Waals surface area contributed by atoms with E-state index in [-0.39, 0.29) is 18.8 Å². The molecule has 1 fully saturated rings. The quantitative estimate of drug-likeness (QED) is 0.688. The number of nitrogens with one attached hydrogen (secondary N) is 2. The molecular formula is C20H27F3N2O3S. The molecule has 1 saturated carbocycles. The number of benzene rings is 1. The van der Waals surface area contributed by atoms with Gasteiger partial charge in [0.1, 0.15) is 6.04 Å². The number of alkyl halides is 3. The summed E-state index contributed by atoms with van der Waals surface area (Å²) in [6.45, 7) is 3.35. The topological polar surface area (TPSA) is 75.3 Å². The molecule has 0 radical (unpaired) electrons. The molecule has 1 amide bonds. The molecule has 0 bridgehead atoms. The van der Waals surface area contributed by atoms with Gasteiger partial charge in [-0.05, 0) is 36.8 Å². The van der Waals surface area contributed by atoms with Crippen LogP contribution in [0.3, 0.4) is 0 Å². The van der Waals surface area contributed by atoms with Crippen LogP contribution < -0.4 is 10.0 Å². The minimum atomic E-state index is -4.29. The van der Waals surface area contributed by atoms with E-state index in [1.165, 1.54) is 6.08 Å². The second-order valence-corrected chi connectivity index (χ2v) is 9.31. The number of sulfonamides is 1. The average molecular weight is 433 g/mol. The third kappa shape index (κ3) is 7.47. The smallest absolute Gasteiger partial charge is 0.352 e. The molecule has 2 N–H and O–H groups in total. The molecule has 0 aromatic heterocycles. The van der Waals surface area contributed by atoms with Gasteiger partial charge < -0.3 is 5.32 Å². The zero-order valence-corrected chi connectivity index (χ0v) is 17.3. The van der Waals surface area contributed by atoms with Crippen molar-refractivity contribution in [2.24, 2.45) is 11.8 Å². The van der Waals surface area contributed by atoms with Gasteiger partial charge in [0.2, 0.25) is 15.9 Å². The minimum Gasteiger partial charge on any atom is -0.352 e. The van der Waals surface area contributed by atoms with Crippen LogP contribution in [0.1, 0.15) is 45.1 Å². The lowest BCUT2D eigenvalue weighted by atomic mass is 9.85. The van der Waals surface area contributed by atoms with Crippen LogP contribution in [-0.2, 0) is 14.8 Å². The standard InChI is InChI=1S/C20H27F3N2O3S/c1-14(2)18(25-29(27,28)12-11-15-7-4-3-5-8-15)19(26)24-17-10-6-9-16(13-17)20(21,22)23/h3-5,7-8,11-12,14,16-18,25H,6,9-10,13H2,1-2H3,(H,24,26)/b12-11+/t16?,17?,18-/m0/s1. The van der Waals surface area contributed by atoms with E-state index in [4.69, 9.17) is 0 Å². The highest BCUT2D eigenvalue weighted by molar-refractivity contribution is 7.92. The summed E-state index contributed by atoms with van der Waals surface area (Å²) in [7, 11) is -3.92. The molecule has 0 saturated heterocycles. The van der Waals surface area contributed by atoms with Gasteiger partial charge in [-0.2, -0.15) is 17.9 Å². The zero-order chi connectivity index (χ0) is 21.7. The Kier molecular flexibility index (Phi) is 7.87. The van der Waals surface area contributed by atoms with Crippen molar-refractivity contribution in [2.75, 3.05) is 0 Å². The normalized spacial score (nSPS) is 22.0. The summed E-state index contributed by atoms with van der Waals surface area (Å²) < 4.78 is 66.0.